The predicted octanol–water partition coefficient (Wildman–Crippen LogP) is 1.71. The first-order chi connectivity index (χ1) is 4.20. The van der Waals surface area contributed by atoms with Gasteiger partial charge >= 0.3 is 29.6 Å². The number of hydrogen-bond acceptors (Lipinski definition) is 1. The molecule has 1 aromatic carbocycles. The van der Waals surface area contributed by atoms with Crippen molar-refractivity contribution in [1.29, 1.82) is 0 Å². The van der Waals surface area contributed by atoms with Crippen molar-refractivity contribution in [2.45, 2.75) is 6.92 Å². The normalized spacial score (nSPS) is 8.60. The van der Waals surface area contributed by atoms with Crippen molar-refractivity contribution < 1.29 is 5.11 Å². The summed E-state index contributed by atoms with van der Waals surface area (Å²) in [6, 6.07) is 4.96. The SMILES string of the molecule is Cc1cc(Cl)ccc1O.[NaH]. The molecule has 1 nitrogen and oxygen atoms in total. The van der Waals surface area contributed by atoms with Crippen LogP contribution in [0.4, 0.5) is 0 Å². The molecule has 0 fully saturated rings. The molecule has 0 aliphatic heterocycles. The standard InChI is InChI=1S/C7H7ClO.Na.H/c1-5-4-6(8)2-3-7(5)9;;/h2-4,9H,1H3;;. The van der Waals surface area contributed by atoms with Gasteiger partial charge < -0.3 is 5.11 Å². The van der Waals surface area contributed by atoms with Crippen molar-refractivity contribution in [1.82, 2.24) is 0 Å². The summed E-state index contributed by atoms with van der Waals surface area (Å²) in [6.45, 7) is 1.81. The summed E-state index contributed by atoms with van der Waals surface area (Å²) in [5.74, 6) is 0.291. The van der Waals surface area contributed by atoms with Crippen LogP contribution >= 0.6 is 11.6 Å². The molecule has 3 heteroatoms. The number of phenolic OH excluding ortho intramolecular Hbond substituents is 1. The molecule has 0 aliphatic carbocycles. The van der Waals surface area contributed by atoms with E-state index in [1.54, 1.807) is 25.1 Å². The quantitative estimate of drug-likeness (QED) is 0.582. The van der Waals surface area contributed by atoms with Crippen molar-refractivity contribution in [3.8, 4) is 5.75 Å². The Morgan fingerprint density at radius 2 is 2.00 bits per heavy atom. The van der Waals surface area contributed by atoms with Crippen LogP contribution in [0.5, 0.6) is 5.75 Å². The Labute approximate surface area is 87.3 Å². The van der Waals surface area contributed by atoms with Gasteiger partial charge in [-0.3, -0.25) is 0 Å². The average Bonchev–Trinajstić information content (AvgIpc) is 1.80. The van der Waals surface area contributed by atoms with Crippen LogP contribution in [-0.2, 0) is 0 Å². The minimum atomic E-state index is 0. The predicted molar refractivity (Wildman–Crippen MR) is 45.0 cm³/mol. The van der Waals surface area contributed by atoms with Gasteiger partial charge in [0.25, 0.3) is 0 Å². The molecule has 0 aromatic heterocycles. The maximum absolute atomic E-state index is 8.99. The van der Waals surface area contributed by atoms with Crippen molar-refractivity contribution in [3.63, 3.8) is 0 Å². The Bertz CT molecular complexity index is 225. The van der Waals surface area contributed by atoms with Crippen LogP contribution in [0, 0.1) is 6.92 Å². The molecule has 0 spiro atoms. The first kappa shape index (κ1) is 10.3. The molecule has 0 amide bonds. The van der Waals surface area contributed by atoms with E-state index in [0.717, 1.165) is 5.56 Å². The van der Waals surface area contributed by atoms with Crippen LogP contribution in [0.15, 0.2) is 18.2 Å². The topological polar surface area (TPSA) is 20.2 Å². The molecule has 0 unspecified atom stereocenters. The van der Waals surface area contributed by atoms with Gasteiger partial charge in [-0.1, -0.05) is 11.6 Å². The van der Waals surface area contributed by atoms with Gasteiger partial charge in [-0.25, -0.2) is 0 Å². The second-order valence-corrected chi connectivity index (χ2v) is 2.37. The number of halogens is 1. The summed E-state index contributed by atoms with van der Waals surface area (Å²) in [7, 11) is 0. The number of rotatable bonds is 0. The molecule has 50 valence electrons. The Hall–Kier alpha value is 0.310. The second-order valence-electron chi connectivity index (χ2n) is 1.93. The fraction of sp³-hybridized carbons (Fsp3) is 0.143. The summed E-state index contributed by atoms with van der Waals surface area (Å²) in [5, 5.41) is 9.64. The summed E-state index contributed by atoms with van der Waals surface area (Å²) >= 11 is 5.61. The molecular formula is C7H8ClNaO. The number of benzene rings is 1. The molecule has 0 heterocycles. The van der Waals surface area contributed by atoms with Crippen molar-refractivity contribution in [2.24, 2.45) is 0 Å². The Kier molecular flexibility index (Phi) is 4.37. The van der Waals surface area contributed by atoms with Gasteiger partial charge in [0.05, 0.1) is 0 Å². The van der Waals surface area contributed by atoms with Gasteiger partial charge in [-0.05, 0) is 30.7 Å². The molecule has 0 atom stereocenters. The second kappa shape index (κ2) is 4.24. The van der Waals surface area contributed by atoms with Gasteiger partial charge in [0.15, 0.2) is 0 Å². The number of phenols is 1. The summed E-state index contributed by atoms with van der Waals surface area (Å²) in [5.41, 5.74) is 0.808. The third kappa shape index (κ3) is 2.51. The molecule has 0 saturated heterocycles. The molecule has 10 heavy (non-hydrogen) atoms. The van der Waals surface area contributed by atoms with E-state index in [1.165, 1.54) is 0 Å². The maximum atomic E-state index is 8.99. The monoisotopic (exact) mass is 166 g/mol. The van der Waals surface area contributed by atoms with Crippen molar-refractivity contribution in [2.75, 3.05) is 0 Å². The zero-order chi connectivity index (χ0) is 6.85. The van der Waals surface area contributed by atoms with E-state index in [9.17, 15) is 0 Å². The number of aryl methyl sites for hydroxylation is 1. The first-order valence-electron chi connectivity index (χ1n) is 2.65. The van der Waals surface area contributed by atoms with E-state index in [2.05, 4.69) is 0 Å². The van der Waals surface area contributed by atoms with E-state index < -0.39 is 0 Å². The van der Waals surface area contributed by atoms with E-state index in [-0.39, 0.29) is 29.6 Å². The zero-order valence-corrected chi connectivity index (χ0v) is 5.81. The summed E-state index contributed by atoms with van der Waals surface area (Å²) < 4.78 is 0. The van der Waals surface area contributed by atoms with Gasteiger partial charge in [-0.2, -0.15) is 0 Å². The average molecular weight is 167 g/mol. The molecule has 0 radical (unpaired) electrons. The van der Waals surface area contributed by atoms with E-state index in [1.807, 2.05) is 0 Å². The van der Waals surface area contributed by atoms with Crippen LogP contribution in [0.1, 0.15) is 5.56 Å². The summed E-state index contributed by atoms with van der Waals surface area (Å²) in [4.78, 5) is 0. The van der Waals surface area contributed by atoms with Gasteiger partial charge in [0.2, 0.25) is 0 Å². The molecule has 0 aliphatic rings. The molecule has 1 aromatic rings. The van der Waals surface area contributed by atoms with E-state index in [0.29, 0.717) is 10.8 Å². The van der Waals surface area contributed by atoms with Crippen molar-refractivity contribution >= 4 is 41.2 Å². The molecule has 0 saturated carbocycles. The Morgan fingerprint density at radius 3 is 2.40 bits per heavy atom. The van der Waals surface area contributed by atoms with Crippen LogP contribution in [-0.4, -0.2) is 34.7 Å². The third-order valence-corrected chi connectivity index (χ3v) is 1.39. The number of hydrogen-bond donors (Lipinski definition) is 1. The molecular weight excluding hydrogens is 159 g/mol. The molecule has 1 N–H and O–H groups in total. The Morgan fingerprint density at radius 1 is 1.40 bits per heavy atom. The Balaban J connectivity index is 0.000000810. The minimum absolute atomic E-state index is 0. The van der Waals surface area contributed by atoms with Crippen LogP contribution in [0.25, 0.3) is 0 Å². The summed E-state index contributed by atoms with van der Waals surface area (Å²) in [6.07, 6.45) is 0. The molecule has 1 rings (SSSR count). The van der Waals surface area contributed by atoms with Crippen LogP contribution < -0.4 is 0 Å². The van der Waals surface area contributed by atoms with Gasteiger partial charge in [-0.15, -0.1) is 0 Å². The van der Waals surface area contributed by atoms with Gasteiger partial charge in [0.1, 0.15) is 5.75 Å². The molecule has 0 bridgehead atoms. The zero-order valence-electron chi connectivity index (χ0n) is 5.06. The fourth-order valence-electron chi connectivity index (χ4n) is 0.619. The van der Waals surface area contributed by atoms with Crippen molar-refractivity contribution in [3.05, 3.63) is 28.8 Å². The fourth-order valence-corrected chi connectivity index (χ4v) is 0.846. The van der Waals surface area contributed by atoms with Crippen LogP contribution in [0.2, 0.25) is 5.02 Å². The number of aromatic hydroxyl groups is 1. The van der Waals surface area contributed by atoms with E-state index in [4.69, 9.17) is 16.7 Å². The van der Waals surface area contributed by atoms with Crippen LogP contribution in [0.3, 0.4) is 0 Å². The first-order valence-corrected chi connectivity index (χ1v) is 3.03. The third-order valence-electron chi connectivity index (χ3n) is 1.16. The van der Waals surface area contributed by atoms with E-state index >= 15 is 0 Å². The van der Waals surface area contributed by atoms with Gasteiger partial charge in [0, 0.05) is 5.02 Å².